The van der Waals surface area contributed by atoms with E-state index >= 15 is 0 Å². The molecule has 0 aliphatic carbocycles. The minimum Gasteiger partial charge on any atom is -0.468 e. The molecule has 3 nitrogen and oxygen atoms in total. The average molecular weight is 264 g/mol. The molecule has 1 aromatic heterocycles. The molecule has 0 aromatic carbocycles. The van der Waals surface area contributed by atoms with Crippen LogP contribution >= 0.6 is 0 Å². The normalized spacial score (nSPS) is 21.2. The lowest BCUT2D eigenvalue weighted by molar-refractivity contribution is 0.135. The minimum absolute atomic E-state index is 0.497. The summed E-state index contributed by atoms with van der Waals surface area (Å²) >= 11 is 0. The molecule has 0 amide bonds. The number of likely N-dealkylation sites (tertiary alicyclic amines) is 1. The van der Waals surface area contributed by atoms with E-state index in [1.54, 1.807) is 0 Å². The Hall–Kier alpha value is -0.800. The second-order valence-corrected chi connectivity index (χ2v) is 5.93. The Morgan fingerprint density at radius 3 is 3.00 bits per heavy atom. The van der Waals surface area contributed by atoms with Crippen LogP contribution in [0.1, 0.15) is 57.8 Å². The van der Waals surface area contributed by atoms with E-state index < -0.39 is 0 Å². The SMILES string of the molecule is CCC1CCCCN1Cc1ccoc1CNC(C)C. The summed E-state index contributed by atoms with van der Waals surface area (Å²) in [6, 6.07) is 3.39. The summed E-state index contributed by atoms with van der Waals surface area (Å²) in [5.74, 6) is 1.11. The van der Waals surface area contributed by atoms with Gasteiger partial charge in [0, 0.05) is 24.2 Å². The van der Waals surface area contributed by atoms with E-state index in [9.17, 15) is 0 Å². The van der Waals surface area contributed by atoms with Crippen molar-refractivity contribution >= 4 is 0 Å². The Morgan fingerprint density at radius 2 is 2.26 bits per heavy atom. The summed E-state index contributed by atoms with van der Waals surface area (Å²) < 4.78 is 5.64. The molecule has 1 N–H and O–H groups in total. The molecule has 1 aromatic rings. The summed E-state index contributed by atoms with van der Waals surface area (Å²) in [6.07, 6.45) is 7.18. The standard InChI is InChI=1S/C16H28N2O/c1-4-15-7-5-6-9-18(15)12-14-8-10-19-16(14)11-17-13(2)3/h8,10,13,15,17H,4-7,9,11-12H2,1-3H3. The Balaban J connectivity index is 1.96. The number of hydrogen-bond donors (Lipinski definition) is 1. The Kier molecular flexibility index (Phi) is 5.46. The first-order valence-corrected chi connectivity index (χ1v) is 7.73. The summed E-state index contributed by atoms with van der Waals surface area (Å²) in [6.45, 7) is 9.76. The van der Waals surface area contributed by atoms with Gasteiger partial charge in [0.1, 0.15) is 5.76 Å². The van der Waals surface area contributed by atoms with Crippen LogP contribution in [0.4, 0.5) is 0 Å². The van der Waals surface area contributed by atoms with Crippen molar-refractivity contribution in [3.8, 4) is 0 Å². The molecule has 2 heterocycles. The molecular weight excluding hydrogens is 236 g/mol. The highest BCUT2D eigenvalue weighted by Crippen LogP contribution is 2.23. The summed E-state index contributed by atoms with van der Waals surface area (Å²) in [5, 5.41) is 3.44. The zero-order chi connectivity index (χ0) is 13.7. The molecule has 19 heavy (non-hydrogen) atoms. The van der Waals surface area contributed by atoms with Crippen molar-refractivity contribution < 1.29 is 4.42 Å². The summed E-state index contributed by atoms with van der Waals surface area (Å²) in [5.41, 5.74) is 1.36. The fourth-order valence-electron chi connectivity index (χ4n) is 2.91. The van der Waals surface area contributed by atoms with Gasteiger partial charge in [-0.3, -0.25) is 4.90 Å². The minimum atomic E-state index is 0.497. The molecule has 0 radical (unpaired) electrons. The maximum atomic E-state index is 5.64. The van der Waals surface area contributed by atoms with E-state index in [-0.39, 0.29) is 0 Å². The molecule has 0 saturated carbocycles. The first kappa shape index (κ1) is 14.6. The largest absolute Gasteiger partial charge is 0.468 e. The maximum Gasteiger partial charge on any atom is 0.122 e. The lowest BCUT2D eigenvalue weighted by Crippen LogP contribution is -2.38. The van der Waals surface area contributed by atoms with Gasteiger partial charge in [-0.2, -0.15) is 0 Å². The average Bonchev–Trinajstić information content (AvgIpc) is 2.84. The second kappa shape index (κ2) is 7.11. The molecular formula is C16H28N2O. The zero-order valence-electron chi connectivity index (χ0n) is 12.6. The number of piperidine rings is 1. The van der Waals surface area contributed by atoms with Crippen LogP contribution < -0.4 is 5.32 Å². The van der Waals surface area contributed by atoms with Gasteiger partial charge in [-0.25, -0.2) is 0 Å². The van der Waals surface area contributed by atoms with E-state index in [4.69, 9.17) is 4.42 Å². The van der Waals surface area contributed by atoms with Gasteiger partial charge >= 0.3 is 0 Å². The Labute approximate surface area is 117 Å². The van der Waals surface area contributed by atoms with Crippen molar-refractivity contribution in [2.45, 2.75) is 71.6 Å². The van der Waals surface area contributed by atoms with Crippen LogP contribution in [0.25, 0.3) is 0 Å². The molecule has 1 fully saturated rings. The van der Waals surface area contributed by atoms with Gasteiger partial charge in [-0.05, 0) is 31.9 Å². The summed E-state index contributed by atoms with van der Waals surface area (Å²) in [4.78, 5) is 2.63. The fourth-order valence-corrected chi connectivity index (χ4v) is 2.91. The molecule has 1 aliphatic heterocycles. The molecule has 3 heteroatoms. The Bertz CT molecular complexity index is 373. The van der Waals surface area contributed by atoms with Gasteiger partial charge in [-0.15, -0.1) is 0 Å². The molecule has 1 saturated heterocycles. The van der Waals surface area contributed by atoms with Gasteiger partial charge in [0.2, 0.25) is 0 Å². The van der Waals surface area contributed by atoms with Crippen LogP contribution in [-0.4, -0.2) is 23.5 Å². The monoisotopic (exact) mass is 264 g/mol. The third kappa shape index (κ3) is 4.08. The van der Waals surface area contributed by atoms with E-state index in [1.165, 1.54) is 37.8 Å². The highest BCUT2D eigenvalue weighted by molar-refractivity contribution is 5.17. The third-order valence-corrected chi connectivity index (χ3v) is 4.10. The van der Waals surface area contributed by atoms with Crippen molar-refractivity contribution in [2.75, 3.05) is 6.54 Å². The Morgan fingerprint density at radius 1 is 1.42 bits per heavy atom. The van der Waals surface area contributed by atoms with Gasteiger partial charge < -0.3 is 9.73 Å². The lowest BCUT2D eigenvalue weighted by Gasteiger charge is -2.35. The van der Waals surface area contributed by atoms with Crippen molar-refractivity contribution in [1.29, 1.82) is 0 Å². The molecule has 0 spiro atoms. The molecule has 1 atom stereocenters. The molecule has 108 valence electrons. The first-order valence-electron chi connectivity index (χ1n) is 7.73. The number of furan rings is 1. The summed E-state index contributed by atoms with van der Waals surface area (Å²) in [7, 11) is 0. The van der Waals surface area contributed by atoms with E-state index in [0.29, 0.717) is 6.04 Å². The number of nitrogens with zero attached hydrogens (tertiary/aromatic N) is 1. The van der Waals surface area contributed by atoms with Crippen molar-refractivity contribution in [1.82, 2.24) is 10.2 Å². The van der Waals surface area contributed by atoms with Gasteiger partial charge in [0.25, 0.3) is 0 Å². The van der Waals surface area contributed by atoms with E-state index in [2.05, 4.69) is 37.1 Å². The maximum absolute atomic E-state index is 5.64. The zero-order valence-corrected chi connectivity index (χ0v) is 12.6. The molecule has 0 bridgehead atoms. The molecule has 2 rings (SSSR count). The van der Waals surface area contributed by atoms with Crippen molar-refractivity contribution in [3.05, 3.63) is 23.7 Å². The number of rotatable bonds is 6. The second-order valence-electron chi connectivity index (χ2n) is 5.93. The van der Waals surface area contributed by atoms with Crippen LogP contribution in [-0.2, 0) is 13.1 Å². The van der Waals surface area contributed by atoms with Crippen LogP contribution in [0.15, 0.2) is 16.7 Å². The highest BCUT2D eigenvalue weighted by atomic mass is 16.3. The van der Waals surface area contributed by atoms with E-state index in [1.807, 2.05) is 6.26 Å². The molecule has 1 aliphatic rings. The molecule has 1 unspecified atom stereocenters. The van der Waals surface area contributed by atoms with Crippen LogP contribution in [0.5, 0.6) is 0 Å². The van der Waals surface area contributed by atoms with Gasteiger partial charge in [-0.1, -0.05) is 27.2 Å². The predicted octanol–water partition coefficient (Wildman–Crippen LogP) is 3.54. The van der Waals surface area contributed by atoms with Crippen LogP contribution in [0, 0.1) is 0 Å². The third-order valence-electron chi connectivity index (χ3n) is 4.10. The smallest absolute Gasteiger partial charge is 0.122 e. The predicted molar refractivity (Wildman–Crippen MR) is 79.0 cm³/mol. The van der Waals surface area contributed by atoms with Gasteiger partial charge in [0.05, 0.1) is 12.8 Å². The van der Waals surface area contributed by atoms with Crippen molar-refractivity contribution in [2.24, 2.45) is 0 Å². The van der Waals surface area contributed by atoms with E-state index in [0.717, 1.165) is 24.9 Å². The topological polar surface area (TPSA) is 28.4 Å². The number of nitrogens with one attached hydrogen (secondary N) is 1. The highest BCUT2D eigenvalue weighted by Gasteiger charge is 2.22. The first-order chi connectivity index (χ1) is 9.20. The van der Waals surface area contributed by atoms with Crippen molar-refractivity contribution in [3.63, 3.8) is 0 Å². The van der Waals surface area contributed by atoms with Gasteiger partial charge in [0.15, 0.2) is 0 Å². The number of hydrogen-bond acceptors (Lipinski definition) is 3. The lowest BCUT2D eigenvalue weighted by atomic mass is 9.99. The van der Waals surface area contributed by atoms with Crippen LogP contribution in [0.2, 0.25) is 0 Å². The van der Waals surface area contributed by atoms with Crippen LogP contribution in [0.3, 0.4) is 0 Å². The quantitative estimate of drug-likeness (QED) is 0.852. The fraction of sp³-hybridized carbons (Fsp3) is 0.750.